The molecule has 3 aliphatic rings. The maximum atomic E-state index is 12.0. The molecule has 2 saturated carbocycles. The molecule has 1 amide bonds. The van der Waals surface area contributed by atoms with Crippen LogP contribution >= 0.6 is 11.8 Å². The molecule has 0 unspecified atom stereocenters. The van der Waals surface area contributed by atoms with Gasteiger partial charge in [-0.2, -0.15) is 0 Å². The van der Waals surface area contributed by atoms with Crippen LogP contribution in [0, 0.1) is 17.2 Å². The van der Waals surface area contributed by atoms with Crippen molar-refractivity contribution in [1.29, 1.82) is 5.41 Å². The zero-order valence-electron chi connectivity index (χ0n) is 20.7. The van der Waals surface area contributed by atoms with Crippen molar-refractivity contribution in [2.24, 2.45) is 22.6 Å². The third-order valence-electron chi connectivity index (χ3n) is 6.80. The predicted octanol–water partition coefficient (Wildman–Crippen LogP) is 3.93. The van der Waals surface area contributed by atoms with Crippen LogP contribution in [-0.4, -0.2) is 65.0 Å². The molecular formula is C26H34N8OS. The number of carbonyl (C=O) groups is 1. The Balaban J connectivity index is 1.33. The SMILES string of the molecule is CCN1CCN(c2cc(N=C(N)CC(=N)C3CC3)nc(Sc3ccc(NC(=O)C4CC4)cc3)n2)CC1. The first-order chi connectivity index (χ1) is 17.5. The Morgan fingerprint density at radius 3 is 2.44 bits per heavy atom. The fourth-order valence-electron chi connectivity index (χ4n) is 4.22. The molecule has 5 rings (SSSR count). The molecule has 1 saturated heterocycles. The minimum atomic E-state index is 0.101. The van der Waals surface area contributed by atoms with Crippen molar-refractivity contribution in [3.63, 3.8) is 0 Å². The first kappa shape index (κ1) is 24.7. The van der Waals surface area contributed by atoms with Gasteiger partial charge in [0.05, 0.1) is 0 Å². The van der Waals surface area contributed by atoms with Crippen LogP contribution in [0.15, 0.2) is 45.4 Å². The van der Waals surface area contributed by atoms with Crippen molar-refractivity contribution in [3.05, 3.63) is 30.3 Å². The molecule has 0 radical (unpaired) electrons. The highest BCUT2D eigenvalue weighted by Crippen LogP contribution is 2.33. The molecule has 2 aromatic rings. The number of nitrogens with two attached hydrogens (primary N) is 1. The zero-order chi connectivity index (χ0) is 25.1. The fourth-order valence-corrected chi connectivity index (χ4v) is 4.98. The molecule has 36 heavy (non-hydrogen) atoms. The van der Waals surface area contributed by atoms with E-state index in [1.807, 2.05) is 30.3 Å². The maximum Gasteiger partial charge on any atom is 0.227 e. The topological polar surface area (TPSA) is 124 Å². The second kappa shape index (κ2) is 11.0. The zero-order valence-corrected chi connectivity index (χ0v) is 21.6. The second-order valence-corrected chi connectivity index (χ2v) is 10.8. The quantitative estimate of drug-likeness (QED) is 0.253. The number of amides is 1. The molecule has 1 aromatic carbocycles. The number of nitrogens with zero attached hydrogens (tertiary/aromatic N) is 5. The Hall–Kier alpha value is -2.98. The number of aliphatic imine (C=N–C) groups is 1. The van der Waals surface area contributed by atoms with E-state index in [-0.39, 0.29) is 11.8 Å². The van der Waals surface area contributed by atoms with Gasteiger partial charge in [-0.15, -0.1) is 0 Å². The van der Waals surface area contributed by atoms with Crippen molar-refractivity contribution in [1.82, 2.24) is 14.9 Å². The van der Waals surface area contributed by atoms with Crippen molar-refractivity contribution >= 4 is 46.5 Å². The lowest BCUT2D eigenvalue weighted by Gasteiger charge is -2.34. The van der Waals surface area contributed by atoms with Crippen LogP contribution in [0.25, 0.3) is 0 Å². The van der Waals surface area contributed by atoms with Gasteiger partial charge in [-0.05, 0) is 74.2 Å². The Bertz CT molecular complexity index is 1140. The lowest BCUT2D eigenvalue weighted by atomic mass is 10.2. The molecule has 0 atom stereocenters. The number of nitrogens with one attached hydrogen (secondary N) is 2. The summed E-state index contributed by atoms with van der Waals surface area (Å²) in [5.74, 6) is 2.44. The maximum absolute atomic E-state index is 12.0. The average molecular weight is 507 g/mol. The standard InChI is InChI=1S/C26H34N8OS/c1-2-33-11-13-34(14-12-33)24-16-23(30-22(28)15-21(27)17-3-4-17)31-26(32-24)36-20-9-7-19(8-10-20)29-25(35)18-5-6-18/h7-10,16-18,27H,2-6,11-15H2,1H3,(H,29,35)(H2,28,30,31,32). The lowest BCUT2D eigenvalue weighted by molar-refractivity contribution is -0.117. The first-order valence-corrected chi connectivity index (χ1v) is 13.6. The summed E-state index contributed by atoms with van der Waals surface area (Å²) >= 11 is 1.46. The molecule has 1 aromatic heterocycles. The normalized spacial score (nSPS) is 18.8. The van der Waals surface area contributed by atoms with Crippen molar-refractivity contribution < 1.29 is 4.79 Å². The summed E-state index contributed by atoms with van der Waals surface area (Å²) in [5.41, 5.74) is 7.67. The van der Waals surface area contributed by atoms with E-state index in [0.29, 0.717) is 34.9 Å². The monoisotopic (exact) mass is 506 g/mol. The summed E-state index contributed by atoms with van der Waals surface area (Å²) in [5, 5.41) is 11.8. The molecule has 190 valence electrons. The highest BCUT2D eigenvalue weighted by atomic mass is 32.2. The number of hydrogen-bond donors (Lipinski definition) is 3. The van der Waals surface area contributed by atoms with Crippen LogP contribution in [0.1, 0.15) is 39.0 Å². The number of likely N-dealkylation sites (N-methyl/N-ethyl adjacent to an activating group) is 1. The molecule has 0 bridgehead atoms. The number of hydrogen-bond acceptors (Lipinski definition) is 8. The third-order valence-corrected chi connectivity index (χ3v) is 7.67. The molecular weight excluding hydrogens is 472 g/mol. The average Bonchev–Trinajstić information content (AvgIpc) is 3.78. The van der Waals surface area contributed by atoms with E-state index in [2.05, 4.69) is 32.0 Å². The van der Waals surface area contributed by atoms with Crippen LogP contribution in [0.3, 0.4) is 0 Å². The van der Waals surface area contributed by atoms with Gasteiger partial charge in [0.1, 0.15) is 11.7 Å². The summed E-state index contributed by atoms with van der Waals surface area (Å²) in [4.78, 5) is 31.8. The smallest absolute Gasteiger partial charge is 0.227 e. The Morgan fingerprint density at radius 1 is 1.11 bits per heavy atom. The second-order valence-electron chi connectivity index (χ2n) is 9.76. The highest BCUT2D eigenvalue weighted by molar-refractivity contribution is 7.99. The third kappa shape index (κ3) is 6.61. The van der Waals surface area contributed by atoms with Crippen LogP contribution < -0.4 is 16.0 Å². The van der Waals surface area contributed by atoms with Gasteiger partial charge in [-0.1, -0.05) is 6.92 Å². The summed E-state index contributed by atoms with van der Waals surface area (Å²) in [6.07, 6.45) is 4.51. The predicted molar refractivity (Wildman–Crippen MR) is 145 cm³/mol. The molecule has 0 spiro atoms. The Labute approximate surface area is 216 Å². The highest BCUT2D eigenvalue weighted by Gasteiger charge is 2.29. The summed E-state index contributed by atoms with van der Waals surface area (Å²) in [7, 11) is 0. The van der Waals surface area contributed by atoms with Gasteiger partial charge in [0.15, 0.2) is 11.0 Å². The number of benzene rings is 1. The summed E-state index contributed by atoms with van der Waals surface area (Å²) in [6.45, 7) is 7.03. The number of anilines is 2. The van der Waals surface area contributed by atoms with E-state index in [9.17, 15) is 4.79 Å². The summed E-state index contributed by atoms with van der Waals surface area (Å²) < 4.78 is 0. The molecule has 4 N–H and O–H groups in total. The minimum absolute atomic E-state index is 0.101. The van der Waals surface area contributed by atoms with Gasteiger partial charge in [-0.25, -0.2) is 15.0 Å². The minimum Gasteiger partial charge on any atom is -0.387 e. The molecule has 9 nitrogen and oxygen atoms in total. The van der Waals surface area contributed by atoms with Crippen molar-refractivity contribution in [3.8, 4) is 0 Å². The summed E-state index contributed by atoms with van der Waals surface area (Å²) in [6, 6.07) is 9.67. The van der Waals surface area contributed by atoms with E-state index in [1.54, 1.807) is 0 Å². The van der Waals surface area contributed by atoms with Crippen LogP contribution in [-0.2, 0) is 4.79 Å². The van der Waals surface area contributed by atoms with E-state index < -0.39 is 0 Å². The lowest BCUT2D eigenvalue weighted by Crippen LogP contribution is -2.46. The van der Waals surface area contributed by atoms with E-state index in [4.69, 9.17) is 16.1 Å². The Morgan fingerprint density at radius 2 is 1.81 bits per heavy atom. The van der Waals surface area contributed by atoms with Gasteiger partial charge >= 0.3 is 0 Å². The molecule has 1 aliphatic heterocycles. The van der Waals surface area contributed by atoms with Crippen LogP contribution in [0.5, 0.6) is 0 Å². The largest absolute Gasteiger partial charge is 0.387 e. The van der Waals surface area contributed by atoms with Gasteiger partial charge in [0.25, 0.3) is 0 Å². The van der Waals surface area contributed by atoms with E-state index >= 15 is 0 Å². The number of piperazine rings is 1. The van der Waals surface area contributed by atoms with Gasteiger partial charge < -0.3 is 26.3 Å². The number of aromatic nitrogens is 2. The molecule has 2 aliphatic carbocycles. The van der Waals surface area contributed by atoms with Crippen LogP contribution in [0.2, 0.25) is 0 Å². The van der Waals surface area contributed by atoms with Crippen LogP contribution in [0.4, 0.5) is 17.3 Å². The van der Waals surface area contributed by atoms with Gasteiger partial charge in [-0.3, -0.25) is 4.79 Å². The van der Waals surface area contributed by atoms with E-state index in [1.165, 1.54) is 11.8 Å². The number of rotatable bonds is 10. The van der Waals surface area contributed by atoms with Gasteiger partial charge in [0, 0.05) is 60.9 Å². The van der Waals surface area contributed by atoms with Gasteiger partial charge in [0.2, 0.25) is 5.91 Å². The van der Waals surface area contributed by atoms with Crippen molar-refractivity contribution in [2.45, 2.75) is 49.1 Å². The Kier molecular flexibility index (Phi) is 7.52. The number of carbonyl (C=O) groups excluding carboxylic acids is 1. The molecule has 3 fully saturated rings. The molecule has 2 heterocycles. The van der Waals surface area contributed by atoms with E-state index in [0.717, 1.165) is 74.8 Å². The van der Waals surface area contributed by atoms with Crippen molar-refractivity contribution in [2.75, 3.05) is 42.9 Å². The fraction of sp³-hybridized carbons (Fsp3) is 0.500. The first-order valence-electron chi connectivity index (χ1n) is 12.8. The number of amidine groups is 1. The molecule has 10 heteroatoms.